The molecule has 0 unspecified atom stereocenters. The van der Waals surface area contributed by atoms with E-state index in [0.717, 1.165) is 10.8 Å². The van der Waals surface area contributed by atoms with E-state index in [2.05, 4.69) is 22.3 Å². The van der Waals surface area contributed by atoms with E-state index in [1.165, 1.54) is 30.6 Å². The maximum atomic E-state index is 5.46. The molecule has 2 N–H and O–H groups in total. The molecular weight excluding hydrogens is 258 g/mol. The van der Waals surface area contributed by atoms with Gasteiger partial charge in [-0.3, -0.25) is 0 Å². The van der Waals surface area contributed by atoms with Crippen molar-refractivity contribution in [1.82, 2.24) is 10.1 Å². The zero-order valence-electron chi connectivity index (χ0n) is 10.7. The summed E-state index contributed by atoms with van der Waals surface area (Å²) < 4.78 is 5.01. The third-order valence-electron chi connectivity index (χ3n) is 3.36. The zero-order valence-corrected chi connectivity index (χ0v) is 11.5. The number of nitrogens with zero attached hydrogens (tertiary/aromatic N) is 2. The topological polar surface area (TPSA) is 64.9 Å². The van der Waals surface area contributed by atoms with E-state index in [1.54, 1.807) is 0 Å². The Bertz CT molecular complexity index is 532. The molecule has 1 saturated carbocycles. The number of aromatic nitrogens is 2. The van der Waals surface area contributed by atoms with E-state index >= 15 is 0 Å². The summed E-state index contributed by atoms with van der Waals surface area (Å²) in [4.78, 5) is 5.54. The van der Waals surface area contributed by atoms with Crippen LogP contribution >= 0.6 is 11.8 Å². The molecule has 0 spiro atoms. The first-order valence-corrected chi connectivity index (χ1v) is 7.53. The molecule has 2 aromatic rings. The molecule has 1 fully saturated rings. The van der Waals surface area contributed by atoms with Crippen molar-refractivity contribution in [1.29, 1.82) is 0 Å². The van der Waals surface area contributed by atoms with Gasteiger partial charge in [0, 0.05) is 15.7 Å². The van der Waals surface area contributed by atoms with E-state index in [0.29, 0.717) is 11.7 Å². The monoisotopic (exact) mass is 275 g/mol. The summed E-state index contributed by atoms with van der Waals surface area (Å²) in [5.74, 6) is 1.08. The van der Waals surface area contributed by atoms with Crippen molar-refractivity contribution in [2.75, 3.05) is 0 Å². The van der Waals surface area contributed by atoms with E-state index in [-0.39, 0.29) is 6.54 Å². The van der Waals surface area contributed by atoms with Gasteiger partial charge in [0.15, 0.2) is 0 Å². The van der Waals surface area contributed by atoms with Crippen LogP contribution in [0.15, 0.2) is 33.7 Å². The molecule has 3 rings (SSSR count). The van der Waals surface area contributed by atoms with Crippen LogP contribution in [0.1, 0.15) is 31.6 Å². The predicted molar refractivity (Wildman–Crippen MR) is 75.7 cm³/mol. The Balaban J connectivity index is 1.70. The highest BCUT2D eigenvalue weighted by Gasteiger charge is 2.16. The molecule has 0 amide bonds. The van der Waals surface area contributed by atoms with Crippen molar-refractivity contribution in [3.8, 4) is 11.4 Å². The highest BCUT2D eigenvalue weighted by Crippen LogP contribution is 2.35. The highest BCUT2D eigenvalue weighted by molar-refractivity contribution is 8.00. The average Bonchev–Trinajstić information content (AvgIpc) is 3.10. The molecule has 4 nitrogen and oxygen atoms in total. The molecule has 1 heterocycles. The number of nitrogens with two attached hydrogens (primary N) is 1. The lowest BCUT2D eigenvalue weighted by Gasteiger charge is -2.08. The van der Waals surface area contributed by atoms with Crippen LogP contribution in [-0.4, -0.2) is 15.4 Å². The SMILES string of the molecule is NCc1nc(-c2ccc(SC3CCCC3)cc2)no1. The van der Waals surface area contributed by atoms with Crippen LogP contribution in [-0.2, 0) is 6.54 Å². The molecule has 0 radical (unpaired) electrons. The van der Waals surface area contributed by atoms with Crippen LogP contribution in [0.4, 0.5) is 0 Å². The van der Waals surface area contributed by atoms with Crippen LogP contribution in [0, 0.1) is 0 Å². The average molecular weight is 275 g/mol. The first-order valence-electron chi connectivity index (χ1n) is 6.65. The molecule has 1 aromatic carbocycles. The fourth-order valence-corrected chi connectivity index (χ4v) is 3.58. The summed E-state index contributed by atoms with van der Waals surface area (Å²) >= 11 is 1.98. The minimum absolute atomic E-state index is 0.280. The molecule has 0 bridgehead atoms. The summed E-state index contributed by atoms with van der Waals surface area (Å²) in [6.45, 7) is 0.280. The minimum atomic E-state index is 0.280. The van der Waals surface area contributed by atoms with Gasteiger partial charge in [0.2, 0.25) is 11.7 Å². The van der Waals surface area contributed by atoms with Crippen molar-refractivity contribution in [3.05, 3.63) is 30.2 Å². The number of hydrogen-bond donors (Lipinski definition) is 1. The number of hydrogen-bond acceptors (Lipinski definition) is 5. The quantitative estimate of drug-likeness (QED) is 0.928. The summed E-state index contributed by atoms with van der Waals surface area (Å²) in [6, 6.07) is 8.36. The molecule has 0 aliphatic heterocycles. The largest absolute Gasteiger partial charge is 0.338 e. The Hall–Kier alpha value is -1.33. The lowest BCUT2D eigenvalue weighted by Crippen LogP contribution is -1.95. The molecule has 1 aromatic heterocycles. The molecule has 0 atom stereocenters. The van der Waals surface area contributed by atoms with Crippen molar-refractivity contribution in [2.45, 2.75) is 42.4 Å². The van der Waals surface area contributed by atoms with Crippen LogP contribution in [0.2, 0.25) is 0 Å². The van der Waals surface area contributed by atoms with Crippen molar-refractivity contribution < 1.29 is 4.52 Å². The molecule has 1 aliphatic carbocycles. The molecule has 5 heteroatoms. The van der Waals surface area contributed by atoms with E-state index < -0.39 is 0 Å². The van der Waals surface area contributed by atoms with Crippen LogP contribution < -0.4 is 5.73 Å². The predicted octanol–water partition coefficient (Wildman–Crippen LogP) is 3.23. The number of rotatable bonds is 4. The van der Waals surface area contributed by atoms with Gasteiger partial charge in [-0.1, -0.05) is 18.0 Å². The maximum absolute atomic E-state index is 5.46. The fourth-order valence-electron chi connectivity index (χ4n) is 2.34. The smallest absolute Gasteiger partial charge is 0.240 e. The molecule has 0 saturated heterocycles. The Kier molecular flexibility index (Phi) is 3.84. The first kappa shape index (κ1) is 12.7. The van der Waals surface area contributed by atoms with Crippen LogP contribution in [0.25, 0.3) is 11.4 Å². The Morgan fingerprint density at radius 3 is 2.58 bits per heavy atom. The second-order valence-corrected chi connectivity index (χ2v) is 6.14. The van der Waals surface area contributed by atoms with E-state index in [4.69, 9.17) is 10.3 Å². The second-order valence-electron chi connectivity index (χ2n) is 4.76. The number of thioether (sulfide) groups is 1. The fraction of sp³-hybridized carbons (Fsp3) is 0.429. The van der Waals surface area contributed by atoms with E-state index in [9.17, 15) is 0 Å². The Morgan fingerprint density at radius 2 is 1.95 bits per heavy atom. The zero-order chi connectivity index (χ0) is 13.1. The van der Waals surface area contributed by atoms with Crippen molar-refractivity contribution in [2.24, 2.45) is 5.73 Å². The first-order chi connectivity index (χ1) is 9.35. The third kappa shape index (κ3) is 2.98. The molecular formula is C14H17N3OS. The maximum Gasteiger partial charge on any atom is 0.240 e. The standard InChI is InChI=1S/C14H17N3OS/c15-9-13-16-14(17-18-13)10-5-7-12(8-6-10)19-11-3-1-2-4-11/h5-8,11H,1-4,9,15H2. The lowest BCUT2D eigenvalue weighted by molar-refractivity contribution is 0.380. The van der Waals surface area contributed by atoms with Crippen molar-refractivity contribution in [3.63, 3.8) is 0 Å². The Labute approximate surface area is 116 Å². The van der Waals surface area contributed by atoms with Gasteiger partial charge >= 0.3 is 0 Å². The van der Waals surface area contributed by atoms with Gasteiger partial charge in [-0.2, -0.15) is 4.98 Å². The van der Waals surface area contributed by atoms with Crippen LogP contribution in [0.3, 0.4) is 0 Å². The summed E-state index contributed by atoms with van der Waals surface area (Å²) in [7, 11) is 0. The summed E-state index contributed by atoms with van der Waals surface area (Å²) in [5, 5.41) is 4.71. The van der Waals surface area contributed by atoms with Crippen molar-refractivity contribution >= 4 is 11.8 Å². The van der Waals surface area contributed by atoms with Gasteiger partial charge in [-0.25, -0.2) is 0 Å². The van der Waals surface area contributed by atoms with Gasteiger partial charge in [0.1, 0.15) is 0 Å². The summed E-state index contributed by atoms with van der Waals surface area (Å²) in [6.07, 6.45) is 5.44. The van der Waals surface area contributed by atoms with Gasteiger partial charge < -0.3 is 10.3 Å². The molecule has 100 valence electrons. The van der Waals surface area contributed by atoms with Gasteiger partial charge in [-0.05, 0) is 37.1 Å². The van der Waals surface area contributed by atoms with Crippen LogP contribution in [0.5, 0.6) is 0 Å². The normalized spacial score (nSPS) is 16.1. The summed E-state index contributed by atoms with van der Waals surface area (Å²) in [5.41, 5.74) is 6.43. The lowest BCUT2D eigenvalue weighted by atomic mass is 10.2. The van der Waals surface area contributed by atoms with Gasteiger partial charge in [0.25, 0.3) is 0 Å². The van der Waals surface area contributed by atoms with Gasteiger partial charge in [0.05, 0.1) is 6.54 Å². The van der Waals surface area contributed by atoms with Gasteiger partial charge in [-0.15, -0.1) is 11.8 Å². The highest BCUT2D eigenvalue weighted by atomic mass is 32.2. The molecule has 19 heavy (non-hydrogen) atoms. The third-order valence-corrected chi connectivity index (χ3v) is 4.71. The Morgan fingerprint density at radius 1 is 1.21 bits per heavy atom. The molecule has 1 aliphatic rings. The van der Waals surface area contributed by atoms with E-state index in [1.807, 2.05) is 23.9 Å². The number of benzene rings is 1. The minimum Gasteiger partial charge on any atom is -0.338 e. The second kappa shape index (κ2) is 5.75.